The summed E-state index contributed by atoms with van der Waals surface area (Å²) in [6.45, 7) is 5.06. The van der Waals surface area contributed by atoms with Crippen LogP contribution in [0.25, 0.3) is 0 Å². The SMILES string of the molecule is C[C@H]1CCCC[C@@H]1CN(CCC#N)CCC#N. The third kappa shape index (κ3) is 5.20. The van der Waals surface area contributed by atoms with Gasteiger partial charge in [-0.1, -0.05) is 26.2 Å². The van der Waals surface area contributed by atoms with Crippen LogP contribution in [0.1, 0.15) is 45.4 Å². The van der Waals surface area contributed by atoms with Crippen molar-refractivity contribution in [1.29, 1.82) is 10.5 Å². The van der Waals surface area contributed by atoms with E-state index in [1.54, 1.807) is 0 Å². The molecule has 2 atom stereocenters. The zero-order chi connectivity index (χ0) is 12.5. The molecule has 3 nitrogen and oxygen atoms in total. The van der Waals surface area contributed by atoms with E-state index in [0.29, 0.717) is 12.8 Å². The van der Waals surface area contributed by atoms with Crippen molar-refractivity contribution in [3.05, 3.63) is 0 Å². The molecular weight excluding hydrogens is 210 g/mol. The highest BCUT2D eigenvalue weighted by Gasteiger charge is 2.23. The normalized spacial score (nSPS) is 24.2. The maximum atomic E-state index is 8.66. The summed E-state index contributed by atoms with van der Waals surface area (Å²) >= 11 is 0. The van der Waals surface area contributed by atoms with Crippen molar-refractivity contribution in [1.82, 2.24) is 4.90 Å². The average Bonchev–Trinajstić information content (AvgIpc) is 2.35. The van der Waals surface area contributed by atoms with E-state index < -0.39 is 0 Å². The lowest BCUT2D eigenvalue weighted by Crippen LogP contribution is -2.35. The molecule has 0 bridgehead atoms. The summed E-state index contributed by atoms with van der Waals surface area (Å²) in [5.74, 6) is 1.57. The molecule has 17 heavy (non-hydrogen) atoms. The first-order chi connectivity index (χ1) is 8.27. The van der Waals surface area contributed by atoms with Crippen LogP contribution >= 0.6 is 0 Å². The molecule has 1 saturated carbocycles. The number of nitriles is 2. The first-order valence-corrected chi connectivity index (χ1v) is 6.74. The van der Waals surface area contributed by atoms with Gasteiger partial charge in [0.2, 0.25) is 0 Å². The lowest BCUT2D eigenvalue weighted by molar-refractivity contribution is 0.163. The summed E-state index contributed by atoms with van der Waals surface area (Å²) in [6, 6.07) is 4.40. The second-order valence-electron chi connectivity index (χ2n) is 5.14. The van der Waals surface area contributed by atoms with Crippen molar-refractivity contribution in [3.8, 4) is 12.1 Å². The number of rotatable bonds is 6. The van der Waals surface area contributed by atoms with Gasteiger partial charge in [0.05, 0.1) is 12.1 Å². The predicted molar refractivity (Wildman–Crippen MR) is 68.0 cm³/mol. The highest BCUT2D eigenvalue weighted by molar-refractivity contribution is 4.80. The Morgan fingerprint density at radius 1 is 1.06 bits per heavy atom. The van der Waals surface area contributed by atoms with Crippen LogP contribution in [-0.2, 0) is 0 Å². The molecule has 1 fully saturated rings. The van der Waals surface area contributed by atoms with Gasteiger partial charge in [0.1, 0.15) is 0 Å². The Labute approximate surface area is 105 Å². The van der Waals surface area contributed by atoms with Gasteiger partial charge in [-0.05, 0) is 18.3 Å². The molecular formula is C14H23N3. The van der Waals surface area contributed by atoms with Crippen LogP contribution in [0.3, 0.4) is 0 Å². The minimum Gasteiger partial charge on any atom is -0.301 e. The van der Waals surface area contributed by atoms with E-state index in [1.165, 1.54) is 25.7 Å². The fraction of sp³-hybridized carbons (Fsp3) is 0.857. The van der Waals surface area contributed by atoms with Gasteiger partial charge in [0.15, 0.2) is 0 Å². The molecule has 3 heteroatoms. The Bertz CT molecular complexity index is 269. The summed E-state index contributed by atoms with van der Waals surface area (Å²) in [5, 5.41) is 17.3. The molecule has 1 aliphatic rings. The smallest absolute Gasteiger partial charge is 0.0635 e. The molecule has 0 N–H and O–H groups in total. The summed E-state index contributed by atoms with van der Waals surface area (Å²) < 4.78 is 0. The molecule has 94 valence electrons. The van der Waals surface area contributed by atoms with Gasteiger partial charge < -0.3 is 4.90 Å². The zero-order valence-corrected chi connectivity index (χ0v) is 10.9. The minimum absolute atomic E-state index is 0.576. The number of nitrogens with zero attached hydrogens (tertiary/aromatic N) is 3. The third-order valence-electron chi connectivity index (χ3n) is 3.86. The fourth-order valence-corrected chi connectivity index (χ4v) is 2.71. The Hall–Kier alpha value is -1.06. The van der Waals surface area contributed by atoms with Crippen molar-refractivity contribution in [2.24, 2.45) is 11.8 Å². The topological polar surface area (TPSA) is 50.8 Å². The Kier molecular flexibility index (Phi) is 6.67. The van der Waals surface area contributed by atoms with Crippen LogP contribution in [0.2, 0.25) is 0 Å². The molecule has 1 aliphatic carbocycles. The van der Waals surface area contributed by atoms with Crippen molar-refractivity contribution in [2.75, 3.05) is 19.6 Å². The monoisotopic (exact) mass is 233 g/mol. The van der Waals surface area contributed by atoms with E-state index in [0.717, 1.165) is 31.5 Å². The van der Waals surface area contributed by atoms with Gasteiger partial charge in [-0.15, -0.1) is 0 Å². The van der Waals surface area contributed by atoms with E-state index >= 15 is 0 Å². The number of hydrogen-bond donors (Lipinski definition) is 0. The van der Waals surface area contributed by atoms with E-state index in [1.807, 2.05) is 0 Å². The van der Waals surface area contributed by atoms with Gasteiger partial charge in [0, 0.05) is 32.5 Å². The van der Waals surface area contributed by atoms with Crippen LogP contribution in [-0.4, -0.2) is 24.5 Å². The maximum Gasteiger partial charge on any atom is 0.0635 e. The minimum atomic E-state index is 0.576. The number of hydrogen-bond acceptors (Lipinski definition) is 3. The molecule has 0 heterocycles. The summed E-state index contributed by atoms with van der Waals surface area (Å²) in [7, 11) is 0. The zero-order valence-electron chi connectivity index (χ0n) is 10.9. The van der Waals surface area contributed by atoms with Gasteiger partial charge in [-0.3, -0.25) is 0 Å². The molecule has 0 aromatic rings. The standard InChI is InChI=1S/C14H23N3/c1-13-6-2-3-7-14(13)12-17(10-4-8-15)11-5-9-16/h13-14H,2-7,10-12H2,1H3/t13-,14+/m0/s1. The van der Waals surface area contributed by atoms with Crippen LogP contribution in [0.4, 0.5) is 0 Å². The molecule has 0 aliphatic heterocycles. The summed E-state index contributed by atoms with van der Waals surface area (Å²) in [5.41, 5.74) is 0. The van der Waals surface area contributed by atoms with E-state index in [9.17, 15) is 0 Å². The third-order valence-corrected chi connectivity index (χ3v) is 3.86. The maximum absolute atomic E-state index is 8.66. The van der Waals surface area contributed by atoms with Crippen LogP contribution in [0.15, 0.2) is 0 Å². The quantitative estimate of drug-likeness (QED) is 0.708. The average molecular weight is 233 g/mol. The van der Waals surface area contributed by atoms with E-state index in [-0.39, 0.29) is 0 Å². The molecule has 0 amide bonds. The molecule has 0 spiro atoms. The van der Waals surface area contributed by atoms with Crippen molar-refractivity contribution in [2.45, 2.75) is 45.4 Å². The molecule has 0 unspecified atom stereocenters. The largest absolute Gasteiger partial charge is 0.301 e. The molecule has 0 saturated heterocycles. The molecule has 0 aromatic carbocycles. The highest BCUT2D eigenvalue weighted by atomic mass is 15.1. The predicted octanol–water partition coefficient (Wildman–Crippen LogP) is 2.94. The highest BCUT2D eigenvalue weighted by Crippen LogP contribution is 2.30. The summed E-state index contributed by atoms with van der Waals surface area (Å²) in [4.78, 5) is 2.30. The van der Waals surface area contributed by atoms with E-state index in [4.69, 9.17) is 10.5 Å². The Morgan fingerprint density at radius 3 is 2.18 bits per heavy atom. The first kappa shape index (κ1) is 14.0. The van der Waals surface area contributed by atoms with E-state index in [2.05, 4.69) is 24.0 Å². The van der Waals surface area contributed by atoms with Crippen molar-refractivity contribution in [3.63, 3.8) is 0 Å². The molecule has 1 rings (SSSR count). The van der Waals surface area contributed by atoms with Crippen LogP contribution in [0, 0.1) is 34.5 Å². The van der Waals surface area contributed by atoms with Gasteiger partial charge in [0.25, 0.3) is 0 Å². The molecule has 0 radical (unpaired) electrons. The Morgan fingerprint density at radius 2 is 1.65 bits per heavy atom. The van der Waals surface area contributed by atoms with Gasteiger partial charge >= 0.3 is 0 Å². The van der Waals surface area contributed by atoms with Gasteiger partial charge in [-0.25, -0.2) is 0 Å². The summed E-state index contributed by atoms with van der Waals surface area (Å²) in [6.07, 6.45) is 6.53. The van der Waals surface area contributed by atoms with Crippen molar-refractivity contribution < 1.29 is 0 Å². The van der Waals surface area contributed by atoms with Crippen LogP contribution in [0.5, 0.6) is 0 Å². The molecule has 0 aromatic heterocycles. The fourth-order valence-electron chi connectivity index (χ4n) is 2.71. The lowest BCUT2D eigenvalue weighted by atomic mass is 9.80. The van der Waals surface area contributed by atoms with Crippen molar-refractivity contribution >= 4 is 0 Å². The lowest BCUT2D eigenvalue weighted by Gasteiger charge is -2.33. The second kappa shape index (κ2) is 8.09. The first-order valence-electron chi connectivity index (χ1n) is 6.74. The van der Waals surface area contributed by atoms with Crippen LogP contribution < -0.4 is 0 Å². The van der Waals surface area contributed by atoms with Gasteiger partial charge in [-0.2, -0.15) is 10.5 Å². The Balaban J connectivity index is 2.40. The second-order valence-corrected chi connectivity index (χ2v) is 5.14.